The number of primary amides is 1. The lowest BCUT2D eigenvalue weighted by atomic mass is 10.2. The molecule has 19 heavy (non-hydrogen) atoms. The Morgan fingerprint density at radius 1 is 1.16 bits per heavy atom. The molecule has 1 aromatic rings. The monoisotopic (exact) mass is 286 g/mol. The van der Waals surface area contributed by atoms with E-state index in [1.807, 2.05) is 12.1 Å². The number of benzene rings is 1. The van der Waals surface area contributed by atoms with Crippen LogP contribution in [0.25, 0.3) is 0 Å². The molecule has 6 nitrogen and oxygen atoms in total. The third kappa shape index (κ3) is 6.21. The smallest absolute Gasteiger partial charge is 0.218 e. The van der Waals surface area contributed by atoms with Crippen LogP contribution in [0.1, 0.15) is 12.0 Å². The molecule has 0 bridgehead atoms. The van der Waals surface area contributed by atoms with Crippen molar-refractivity contribution >= 4 is 15.7 Å². The lowest BCUT2D eigenvalue weighted by Gasteiger charge is -2.07. The fraction of sp³-hybridized carbons (Fsp3) is 0.417. The van der Waals surface area contributed by atoms with Crippen LogP contribution in [0.5, 0.6) is 5.75 Å². The number of ether oxygens (including phenoxy) is 1. The van der Waals surface area contributed by atoms with Crippen molar-refractivity contribution in [3.8, 4) is 5.75 Å². The number of hydrogen-bond donors (Lipinski definition) is 2. The molecule has 0 aliphatic carbocycles. The van der Waals surface area contributed by atoms with Crippen molar-refractivity contribution in [2.24, 2.45) is 11.5 Å². The summed E-state index contributed by atoms with van der Waals surface area (Å²) >= 11 is 0. The summed E-state index contributed by atoms with van der Waals surface area (Å²) in [6.45, 7) is 0.491. The molecule has 106 valence electrons. The van der Waals surface area contributed by atoms with Crippen molar-refractivity contribution in [3.05, 3.63) is 29.8 Å². The summed E-state index contributed by atoms with van der Waals surface area (Å²) in [7, 11) is -3.31. The molecule has 1 rings (SSSR count). The lowest BCUT2D eigenvalue weighted by Crippen LogP contribution is -2.21. The van der Waals surface area contributed by atoms with Gasteiger partial charge in [-0.3, -0.25) is 4.79 Å². The maximum absolute atomic E-state index is 11.5. The first kappa shape index (κ1) is 15.5. The van der Waals surface area contributed by atoms with Gasteiger partial charge in [0.25, 0.3) is 0 Å². The Morgan fingerprint density at radius 3 is 2.32 bits per heavy atom. The summed E-state index contributed by atoms with van der Waals surface area (Å²) in [6, 6.07) is 7.10. The molecule has 1 aromatic carbocycles. The van der Waals surface area contributed by atoms with Gasteiger partial charge in [-0.1, -0.05) is 12.1 Å². The topological polar surface area (TPSA) is 112 Å². The zero-order chi connectivity index (χ0) is 14.3. The van der Waals surface area contributed by atoms with E-state index in [1.165, 1.54) is 0 Å². The van der Waals surface area contributed by atoms with Gasteiger partial charge in [0.2, 0.25) is 5.91 Å². The van der Waals surface area contributed by atoms with Gasteiger partial charge < -0.3 is 16.2 Å². The molecule has 0 aromatic heterocycles. The average Bonchev–Trinajstić information content (AvgIpc) is 2.37. The number of rotatable bonds is 8. The van der Waals surface area contributed by atoms with Crippen LogP contribution in [0.3, 0.4) is 0 Å². The molecular formula is C12H18N2O4S. The number of hydrogen-bond acceptors (Lipinski definition) is 5. The molecule has 0 radical (unpaired) electrons. The van der Waals surface area contributed by atoms with Crippen LogP contribution < -0.4 is 16.2 Å². The molecule has 0 spiro atoms. The van der Waals surface area contributed by atoms with Crippen molar-refractivity contribution in [3.63, 3.8) is 0 Å². The second-order valence-electron chi connectivity index (χ2n) is 4.06. The van der Waals surface area contributed by atoms with Gasteiger partial charge in [0.15, 0.2) is 9.84 Å². The largest absolute Gasteiger partial charge is 0.493 e. The Labute approximate surface area is 112 Å². The van der Waals surface area contributed by atoms with Gasteiger partial charge in [-0.25, -0.2) is 8.42 Å². The summed E-state index contributed by atoms with van der Waals surface area (Å²) in [4.78, 5) is 10.5. The summed E-state index contributed by atoms with van der Waals surface area (Å²) in [5, 5.41) is 0. The van der Waals surface area contributed by atoms with Gasteiger partial charge in [-0.05, 0) is 17.7 Å². The number of amides is 1. The minimum absolute atomic E-state index is 0.0447. The molecule has 0 unspecified atom stereocenters. The predicted octanol–water partition coefficient (Wildman–Crippen LogP) is -0.186. The van der Waals surface area contributed by atoms with Crippen LogP contribution in [-0.4, -0.2) is 32.4 Å². The highest BCUT2D eigenvalue weighted by molar-refractivity contribution is 7.91. The molecule has 0 atom stereocenters. The molecule has 0 aliphatic rings. The van der Waals surface area contributed by atoms with Gasteiger partial charge in [-0.15, -0.1) is 0 Å². The third-order valence-electron chi connectivity index (χ3n) is 2.48. The SMILES string of the molecule is NCc1ccc(OCCS(=O)(=O)CCC(N)=O)cc1. The summed E-state index contributed by atoms with van der Waals surface area (Å²) in [6.07, 6.45) is -0.159. The third-order valence-corrected chi connectivity index (χ3v) is 4.10. The molecule has 0 heterocycles. The standard InChI is InChI=1S/C12H18N2O4S/c13-9-10-1-3-11(4-2-10)18-6-8-19(16,17)7-5-12(14)15/h1-4H,5-9,13H2,(H2,14,15). The molecule has 7 heteroatoms. The molecule has 0 saturated carbocycles. The van der Waals surface area contributed by atoms with Crippen molar-refractivity contribution < 1.29 is 17.9 Å². The number of carbonyl (C=O) groups is 1. The van der Waals surface area contributed by atoms with E-state index in [-0.39, 0.29) is 24.5 Å². The molecular weight excluding hydrogens is 268 g/mol. The lowest BCUT2D eigenvalue weighted by molar-refractivity contribution is -0.117. The highest BCUT2D eigenvalue weighted by Crippen LogP contribution is 2.11. The maximum Gasteiger partial charge on any atom is 0.218 e. The van der Waals surface area contributed by atoms with Gasteiger partial charge in [0.05, 0.1) is 11.5 Å². The van der Waals surface area contributed by atoms with E-state index >= 15 is 0 Å². The molecule has 0 fully saturated rings. The van der Waals surface area contributed by atoms with Crippen LogP contribution in [0.15, 0.2) is 24.3 Å². The first-order valence-electron chi connectivity index (χ1n) is 5.83. The summed E-state index contributed by atoms with van der Waals surface area (Å²) in [5.74, 6) is -0.416. The van der Waals surface area contributed by atoms with Gasteiger partial charge in [-0.2, -0.15) is 0 Å². The predicted molar refractivity (Wildman–Crippen MR) is 72.3 cm³/mol. The second-order valence-corrected chi connectivity index (χ2v) is 6.37. The highest BCUT2D eigenvalue weighted by atomic mass is 32.2. The quantitative estimate of drug-likeness (QED) is 0.688. The van der Waals surface area contributed by atoms with E-state index < -0.39 is 15.7 Å². The summed E-state index contributed by atoms with van der Waals surface area (Å²) < 4.78 is 28.4. The van der Waals surface area contributed by atoms with Crippen LogP contribution >= 0.6 is 0 Å². The van der Waals surface area contributed by atoms with Gasteiger partial charge >= 0.3 is 0 Å². The Balaban J connectivity index is 2.38. The van der Waals surface area contributed by atoms with E-state index in [2.05, 4.69) is 0 Å². The fourth-order valence-corrected chi connectivity index (χ4v) is 2.42. The zero-order valence-corrected chi connectivity index (χ0v) is 11.4. The Bertz CT molecular complexity index is 511. The minimum Gasteiger partial charge on any atom is -0.493 e. The number of sulfone groups is 1. The Morgan fingerprint density at radius 2 is 1.79 bits per heavy atom. The number of nitrogens with two attached hydrogens (primary N) is 2. The molecule has 0 aliphatic heterocycles. The van der Waals surface area contributed by atoms with Crippen molar-refractivity contribution in [2.75, 3.05) is 18.1 Å². The van der Waals surface area contributed by atoms with Crippen molar-refractivity contribution in [1.82, 2.24) is 0 Å². The van der Waals surface area contributed by atoms with Gasteiger partial charge in [0, 0.05) is 13.0 Å². The van der Waals surface area contributed by atoms with Gasteiger partial charge in [0.1, 0.15) is 12.4 Å². The second kappa shape index (κ2) is 7.10. The number of carbonyl (C=O) groups excluding carboxylic acids is 1. The molecule has 0 saturated heterocycles. The molecule has 4 N–H and O–H groups in total. The first-order valence-corrected chi connectivity index (χ1v) is 7.65. The fourth-order valence-electron chi connectivity index (χ4n) is 1.37. The van der Waals surface area contributed by atoms with Crippen LogP contribution in [-0.2, 0) is 21.2 Å². The Hall–Kier alpha value is -1.60. The van der Waals surface area contributed by atoms with E-state index in [0.29, 0.717) is 12.3 Å². The van der Waals surface area contributed by atoms with E-state index in [1.54, 1.807) is 12.1 Å². The average molecular weight is 286 g/mol. The first-order chi connectivity index (χ1) is 8.93. The highest BCUT2D eigenvalue weighted by Gasteiger charge is 2.12. The van der Waals surface area contributed by atoms with E-state index in [9.17, 15) is 13.2 Å². The van der Waals surface area contributed by atoms with Crippen LogP contribution in [0.4, 0.5) is 0 Å². The minimum atomic E-state index is -3.31. The van der Waals surface area contributed by atoms with Crippen LogP contribution in [0, 0.1) is 0 Å². The summed E-state index contributed by atoms with van der Waals surface area (Å²) in [5.41, 5.74) is 11.3. The van der Waals surface area contributed by atoms with Crippen LogP contribution in [0.2, 0.25) is 0 Å². The Kier molecular flexibility index (Phi) is 5.78. The van der Waals surface area contributed by atoms with Crippen molar-refractivity contribution in [1.29, 1.82) is 0 Å². The van der Waals surface area contributed by atoms with Crippen molar-refractivity contribution in [2.45, 2.75) is 13.0 Å². The maximum atomic E-state index is 11.5. The van der Waals surface area contributed by atoms with E-state index in [4.69, 9.17) is 16.2 Å². The normalized spacial score (nSPS) is 11.2. The van der Waals surface area contributed by atoms with E-state index in [0.717, 1.165) is 5.56 Å². The molecule has 1 amide bonds. The zero-order valence-electron chi connectivity index (χ0n) is 10.5.